The lowest BCUT2D eigenvalue weighted by molar-refractivity contribution is -0.118. The molecule has 3 aromatic carbocycles. The van der Waals surface area contributed by atoms with Gasteiger partial charge in [0.15, 0.2) is 6.61 Å². The Kier molecular flexibility index (Phi) is 5.54. The number of benzene rings is 3. The first-order valence-electron chi connectivity index (χ1n) is 7.70. The molecule has 1 amide bonds. The van der Waals surface area contributed by atoms with Crippen molar-refractivity contribution in [2.24, 2.45) is 0 Å². The van der Waals surface area contributed by atoms with Crippen molar-refractivity contribution in [2.45, 2.75) is 0 Å². The normalized spacial score (nSPS) is 10.1. The maximum atomic E-state index is 11.9. The molecule has 0 atom stereocenters. The summed E-state index contributed by atoms with van der Waals surface area (Å²) in [6.07, 6.45) is 0. The molecule has 0 heterocycles. The van der Waals surface area contributed by atoms with E-state index in [1.165, 1.54) is 0 Å². The maximum absolute atomic E-state index is 11.9. The first kappa shape index (κ1) is 16.9. The molecule has 4 nitrogen and oxygen atoms in total. The van der Waals surface area contributed by atoms with E-state index in [2.05, 4.69) is 5.32 Å². The first-order chi connectivity index (χ1) is 12.2. The van der Waals surface area contributed by atoms with Gasteiger partial charge in [0.1, 0.15) is 17.2 Å². The number of amides is 1. The van der Waals surface area contributed by atoms with E-state index in [9.17, 15) is 4.79 Å². The van der Waals surface area contributed by atoms with Crippen molar-refractivity contribution < 1.29 is 14.3 Å². The van der Waals surface area contributed by atoms with Crippen LogP contribution in [0, 0.1) is 0 Å². The molecule has 126 valence electrons. The number of ether oxygens (including phenoxy) is 2. The van der Waals surface area contributed by atoms with Crippen molar-refractivity contribution in [3.05, 3.63) is 83.9 Å². The van der Waals surface area contributed by atoms with Gasteiger partial charge in [-0.05, 0) is 60.7 Å². The van der Waals surface area contributed by atoms with Crippen LogP contribution in [0.1, 0.15) is 0 Å². The molecule has 0 radical (unpaired) electrons. The van der Waals surface area contributed by atoms with E-state index in [4.69, 9.17) is 21.1 Å². The third-order valence-electron chi connectivity index (χ3n) is 3.30. The second-order valence-corrected chi connectivity index (χ2v) is 5.67. The Morgan fingerprint density at radius 1 is 0.800 bits per heavy atom. The van der Waals surface area contributed by atoms with Crippen LogP contribution in [0.5, 0.6) is 17.2 Å². The predicted molar refractivity (Wildman–Crippen MR) is 98.5 cm³/mol. The number of carbonyl (C=O) groups excluding carboxylic acids is 1. The van der Waals surface area contributed by atoms with E-state index in [0.717, 1.165) is 0 Å². The summed E-state index contributed by atoms with van der Waals surface area (Å²) in [6, 6.07) is 23.4. The molecule has 3 rings (SSSR count). The smallest absolute Gasteiger partial charge is 0.262 e. The number of rotatable bonds is 6. The highest BCUT2D eigenvalue weighted by Crippen LogP contribution is 2.24. The number of para-hydroxylation sites is 1. The van der Waals surface area contributed by atoms with Crippen LogP contribution in [-0.2, 0) is 4.79 Å². The molecule has 0 saturated carbocycles. The van der Waals surface area contributed by atoms with Gasteiger partial charge in [-0.25, -0.2) is 0 Å². The van der Waals surface area contributed by atoms with Crippen molar-refractivity contribution >= 4 is 23.2 Å². The minimum Gasteiger partial charge on any atom is -0.484 e. The first-order valence-corrected chi connectivity index (χ1v) is 8.08. The van der Waals surface area contributed by atoms with Gasteiger partial charge in [-0.15, -0.1) is 0 Å². The molecule has 25 heavy (non-hydrogen) atoms. The van der Waals surface area contributed by atoms with Crippen molar-refractivity contribution in [3.8, 4) is 17.2 Å². The molecule has 0 aliphatic heterocycles. The molecule has 0 spiro atoms. The number of hydrogen-bond acceptors (Lipinski definition) is 3. The zero-order valence-electron chi connectivity index (χ0n) is 13.3. The van der Waals surface area contributed by atoms with Crippen LogP contribution < -0.4 is 14.8 Å². The molecule has 1 N–H and O–H groups in total. The highest BCUT2D eigenvalue weighted by atomic mass is 35.5. The van der Waals surface area contributed by atoms with Crippen LogP contribution >= 0.6 is 11.6 Å². The molecule has 3 aromatic rings. The van der Waals surface area contributed by atoms with E-state index in [-0.39, 0.29) is 12.5 Å². The van der Waals surface area contributed by atoms with Gasteiger partial charge in [-0.1, -0.05) is 29.8 Å². The second kappa shape index (κ2) is 8.22. The Morgan fingerprint density at radius 2 is 1.40 bits per heavy atom. The molecule has 0 aliphatic carbocycles. The van der Waals surface area contributed by atoms with Crippen LogP contribution in [0.25, 0.3) is 0 Å². The van der Waals surface area contributed by atoms with Gasteiger partial charge in [0.05, 0.1) is 0 Å². The molecule has 0 unspecified atom stereocenters. The molecule has 0 fully saturated rings. The monoisotopic (exact) mass is 353 g/mol. The molecular formula is C20H16ClNO3. The Morgan fingerprint density at radius 3 is 2.04 bits per heavy atom. The Bertz CT molecular complexity index is 818. The summed E-state index contributed by atoms with van der Waals surface area (Å²) in [7, 11) is 0. The molecular weight excluding hydrogens is 338 g/mol. The topological polar surface area (TPSA) is 47.6 Å². The zero-order chi connectivity index (χ0) is 17.5. The van der Waals surface area contributed by atoms with E-state index in [1.807, 2.05) is 18.2 Å². The molecule has 0 aliphatic rings. The summed E-state index contributed by atoms with van der Waals surface area (Å²) in [5.41, 5.74) is 0.671. The number of carbonyl (C=O) groups is 1. The second-order valence-electron chi connectivity index (χ2n) is 5.23. The van der Waals surface area contributed by atoms with Gasteiger partial charge in [0.25, 0.3) is 5.91 Å². The van der Waals surface area contributed by atoms with Gasteiger partial charge < -0.3 is 14.8 Å². The summed E-state index contributed by atoms with van der Waals surface area (Å²) < 4.78 is 11.1. The highest BCUT2D eigenvalue weighted by Gasteiger charge is 2.04. The third-order valence-corrected chi connectivity index (χ3v) is 3.55. The van der Waals surface area contributed by atoms with E-state index < -0.39 is 0 Å². The maximum Gasteiger partial charge on any atom is 0.262 e. The SMILES string of the molecule is O=C(COc1ccccc1)Nc1ccc(Oc2ccc(Cl)cc2)cc1. The van der Waals surface area contributed by atoms with E-state index in [0.29, 0.717) is 28.0 Å². The number of anilines is 1. The zero-order valence-corrected chi connectivity index (χ0v) is 14.1. The van der Waals surface area contributed by atoms with Gasteiger partial charge >= 0.3 is 0 Å². The molecule has 5 heteroatoms. The third kappa shape index (κ3) is 5.26. The summed E-state index contributed by atoms with van der Waals surface area (Å²) in [4.78, 5) is 11.9. The van der Waals surface area contributed by atoms with Crippen LogP contribution in [0.3, 0.4) is 0 Å². The number of hydrogen-bond donors (Lipinski definition) is 1. The lowest BCUT2D eigenvalue weighted by Gasteiger charge is -2.09. The minimum absolute atomic E-state index is 0.0486. The van der Waals surface area contributed by atoms with E-state index >= 15 is 0 Å². The van der Waals surface area contributed by atoms with Crippen LogP contribution in [-0.4, -0.2) is 12.5 Å². The van der Waals surface area contributed by atoms with Gasteiger partial charge in [-0.3, -0.25) is 4.79 Å². The van der Waals surface area contributed by atoms with Crippen LogP contribution in [0.2, 0.25) is 5.02 Å². The largest absolute Gasteiger partial charge is 0.484 e. The van der Waals surface area contributed by atoms with Crippen molar-refractivity contribution in [1.29, 1.82) is 0 Å². The predicted octanol–water partition coefficient (Wildman–Crippen LogP) is 5.15. The Balaban J connectivity index is 1.51. The van der Waals surface area contributed by atoms with Crippen molar-refractivity contribution in [2.75, 3.05) is 11.9 Å². The number of halogens is 1. The summed E-state index contributed by atoms with van der Waals surface area (Å²) >= 11 is 5.84. The molecule has 0 saturated heterocycles. The highest BCUT2D eigenvalue weighted by molar-refractivity contribution is 6.30. The molecule has 0 bridgehead atoms. The van der Waals surface area contributed by atoms with Crippen molar-refractivity contribution in [1.82, 2.24) is 0 Å². The lowest BCUT2D eigenvalue weighted by atomic mass is 10.3. The van der Waals surface area contributed by atoms with E-state index in [1.54, 1.807) is 60.7 Å². The Labute approximate surface area is 151 Å². The van der Waals surface area contributed by atoms with Crippen LogP contribution in [0.15, 0.2) is 78.9 Å². The van der Waals surface area contributed by atoms with Gasteiger partial charge in [0.2, 0.25) is 0 Å². The van der Waals surface area contributed by atoms with Gasteiger partial charge in [0, 0.05) is 10.7 Å². The minimum atomic E-state index is -0.227. The average Bonchev–Trinajstić information content (AvgIpc) is 2.64. The van der Waals surface area contributed by atoms with Crippen LogP contribution in [0.4, 0.5) is 5.69 Å². The average molecular weight is 354 g/mol. The summed E-state index contributed by atoms with van der Waals surface area (Å²) in [6.45, 7) is -0.0486. The lowest BCUT2D eigenvalue weighted by Crippen LogP contribution is -2.20. The fourth-order valence-corrected chi connectivity index (χ4v) is 2.23. The van der Waals surface area contributed by atoms with Gasteiger partial charge in [-0.2, -0.15) is 0 Å². The Hall–Kier alpha value is -2.98. The fourth-order valence-electron chi connectivity index (χ4n) is 2.11. The fraction of sp³-hybridized carbons (Fsp3) is 0.0500. The van der Waals surface area contributed by atoms with Crippen molar-refractivity contribution in [3.63, 3.8) is 0 Å². The number of nitrogens with one attached hydrogen (secondary N) is 1. The summed E-state index contributed by atoms with van der Waals surface area (Å²) in [5, 5.41) is 3.43. The standard InChI is InChI=1S/C20H16ClNO3/c21-15-6-10-18(11-7-15)25-19-12-8-16(9-13-19)22-20(23)14-24-17-4-2-1-3-5-17/h1-13H,14H2,(H,22,23). The molecule has 0 aromatic heterocycles. The quantitative estimate of drug-likeness (QED) is 0.666. The summed E-state index contributed by atoms with van der Waals surface area (Å²) in [5.74, 6) is 1.79.